The lowest BCUT2D eigenvalue weighted by atomic mass is 9.76. The van der Waals surface area contributed by atoms with Gasteiger partial charge in [0.1, 0.15) is 0 Å². The second-order valence-corrected chi connectivity index (χ2v) is 6.40. The predicted molar refractivity (Wildman–Crippen MR) is 75.5 cm³/mol. The molecular weight excluding hydrogens is 222 g/mol. The molecule has 0 unspecified atom stereocenters. The summed E-state index contributed by atoms with van der Waals surface area (Å²) in [5.74, 6) is 0. The molecule has 0 amide bonds. The van der Waals surface area contributed by atoms with Gasteiger partial charge in [0.05, 0.1) is 6.20 Å². The highest BCUT2D eigenvalue weighted by Crippen LogP contribution is 2.34. The second-order valence-electron chi connectivity index (χ2n) is 6.40. The Hall–Kier alpha value is -0.830. The Morgan fingerprint density at radius 1 is 1.33 bits per heavy atom. The van der Waals surface area contributed by atoms with Crippen LogP contribution in [0, 0.1) is 5.41 Å². The summed E-state index contributed by atoms with van der Waals surface area (Å²) in [5.41, 5.74) is 1.81. The Balaban J connectivity index is 1.77. The van der Waals surface area contributed by atoms with Crippen molar-refractivity contribution in [1.29, 1.82) is 0 Å². The summed E-state index contributed by atoms with van der Waals surface area (Å²) in [6.45, 7) is 8.83. The third kappa shape index (κ3) is 3.58. The van der Waals surface area contributed by atoms with E-state index in [0.29, 0.717) is 11.5 Å². The number of rotatable bonds is 5. The summed E-state index contributed by atoms with van der Waals surface area (Å²) in [6, 6.07) is 0.453. The molecule has 0 radical (unpaired) electrons. The topological polar surface area (TPSA) is 29.9 Å². The van der Waals surface area contributed by atoms with Crippen LogP contribution in [-0.4, -0.2) is 16.3 Å². The third-order valence-corrected chi connectivity index (χ3v) is 4.13. The van der Waals surface area contributed by atoms with Gasteiger partial charge >= 0.3 is 0 Å². The Bertz CT molecular complexity index is 362. The van der Waals surface area contributed by atoms with E-state index in [2.05, 4.69) is 37.4 Å². The highest BCUT2D eigenvalue weighted by Gasteiger charge is 2.25. The zero-order valence-electron chi connectivity index (χ0n) is 12.1. The van der Waals surface area contributed by atoms with Crippen LogP contribution in [0.4, 0.5) is 0 Å². The Morgan fingerprint density at radius 3 is 2.67 bits per heavy atom. The smallest absolute Gasteiger partial charge is 0.0534 e. The van der Waals surface area contributed by atoms with Crippen LogP contribution < -0.4 is 5.32 Å². The van der Waals surface area contributed by atoms with Gasteiger partial charge < -0.3 is 5.32 Å². The normalized spacial score (nSPS) is 19.3. The average Bonchev–Trinajstić information content (AvgIpc) is 2.78. The third-order valence-electron chi connectivity index (χ3n) is 4.13. The van der Waals surface area contributed by atoms with Crippen molar-refractivity contribution in [2.24, 2.45) is 5.41 Å². The molecule has 0 bridgehead atoms. The molecule has 0 aliphatic heterocycles. The lowest BCUT2D eigenvalue weighted by Crippen LogP contribution is -2.33. The molecule has 0 aromatic carbocycles. The van der Waals surface area contributed by atoms with Gasteiger partial charge in [-0.15, -0.1) is 0 Å². The molecule has 1 aliphatic rings. The maximum absolute atomic E-state index is 4.38. The fraction of sp³-hybridized carbons (Fsp3) is 0.800. The standard InChI is InChI=1S/C15H27N3/c1-13(2)18-11-14(10-17-18)9-16-12-15(3)7-5-4-6-8-15/h10-11,13,16H,4-9,12H2,1-3H3. The average molecular weight is 249 g/mol. The summed E-state index contributed by atoms with van der Waals surface area (Å²) in [4.78, 5) is 0. The Labute approximate surface area is 111 Å². The van der Waals surface area contributed by atoms with Gasteiger partial charge in [0, 0.05) is 30.9 Å². The number of nitrogens with one attached hydrogen (secondary N) is 1. The highest BCUT2D eigenvalue weighted by atomic mass is 15.3. The molecule has 1 N–H and O–H groups in total. The van der Waals surface area contributed by atoms with Gasteiger partial charge in [-0.05, 0) is 32.1 Å². The minimum atomic E-state index is 0.453. The largest absolute Gasteiger partial charge is 0.312 e. The van der Waals surface area contributed by atoms with Gasteiger partial charge in [-0.25, -0.2) is 0 Å². The number of hydrogen-bond acceptors (Lipinski definition) is 2. The summed E-state index contributed by atoms with van der Waals surface area (Å²) >= 11 is 0. The molecule has 0 atom stereocenters. The summed E-state index contributed by atoms with van der Waals surface area (Å²) in [7, 11) is 0. The number of hydrogen-bond donors (Lipinski definition) is 1. The van der Waals surface area contributed by atoms with Crippen molar-refractivity contribution in [3.05, 3.63) is 18.0 Å². The van der Waals surface area contributed by atoms with E-state index in [4.69, 9.17) is 0 Å². The van der Waals surface area contributed by atoms with Crippen LogP contribution in [0.3, 0.4) is 0 Å². The van der Waals surface area contributed by atoms with E-state index in [0.717, 1.165) is 13.1 Å². The SMILES string of the molecule is CC(C)n1cc(CNCC2(C)CCCCC2)cn1. The minimum Gasteiger partial charge on any atom is -0.312 e. The zero-order chi connectivity index (χ0) is 13.0. The van der Waals surface area contributed by atoms with Crippen LogP contribution in [0.1, 0.15) is 64.5 Å². The first kappa shape index (κ1) is 13.6. The first-order valence-electron chi connectivity index (χ1n) is 7.33. The fourth-order valence-electron chi connectivity index (χ4n) is 2.84. The van der Waals surface area contributed by atoms with Crippen molar-refractivity contribution in [1.82, 2.24) is 15.1 Å². The van der Waals surface area contributed by atoms with Gasteiger partial charge in [-0.1, -0.05) is 26.2 Å². The van der Waals surface area contributed by atoms with Crippen molar-refractivity contribution in [2.75, 3.05) is 6.54 Å². The maximum atomic E-state index is 4.38. The molecule has 0 spiro atoms. The van der Waals surface area contributed by atoms with E-state index in [-0.39, 0.29) is 0 Å². The monoisotopic (exact) mass is 249 g/mol. The maximum Gasteiger partial charge on any atom is 0.0534 e. The number of nitrogens with zero attached hydrogens (tertiary/aromatic N) is 2. The van der Waals surface area contributed by atoms with Gasteiger partial charge in [0.25, 0.3) is 0 Å². The molecule has 1 aromatic rings. The molecule has 1 heterocycles. The lowest BCUT2D eigenvalue weighted by Gasteiger charge is -2.33. The van der Waals surface area contributed by atoms with Crippen molar-refractivity contribution in [3.8, 4) is 0 Å². The summed E-state index contributed by atoms with van der Waals surface area (Å²) in [6.07, 6.45) is 11.1. The quantitative estimate of drug-likeness (QED) is 0.865. The van der Waals surface area contributed by atoms with E-state index < -0.39 is 0 Å². The van der Waals surface area contributed by atoms with Crippen LogP contribution in [0.5, 0.6) is 0 Å². The van der Waals surface area contributed by atoms with E-state index in [1.807, 2.05) is 10.9 Å². The Kier molecular flexibility index (Phi) is 4.44. The van der Waals surface area contributed by atoms with Gasteiger partial charge in [-0.2, -0.15) is 5.10 Å². The molecule has 1 aromatic heterocycles. The summed E-state index contributed by atoms with van der Waals surface area (Å²) in [5, 5.41) is 7.99. The summed E-state index contributed by atoms with van der Waals surface area (Å²) < 4.78 is 2.03. The van der Waals surface area contributed by atoms with Gasteiger partial charge in [0.2, 0.25) is 0 Å². The van der Waals surface area contributed by atoms with E-state index in [1.165, 1.54) is 37.7 Å². The van der Waals surface area contributed by atoms with Crippen molar-refractivity contribution < 1.29 is 0 Å². The Morgan fingerprint density at radius 2 is 2.06 bits per heavy atom. The van der Waals surface area contributed by atoms with E-state index in [1.54, 1.807) is 0 Å². The highest BCUT2D eigenvalue weighted by molar-refractivity contribution is 5.04. The lowest BCUT2D eigenvalue weighted by molar-refractivity contribution is 0.207. The van der Waals surface area contributed by atoms with Gasteiger partial charge in [-0.3, -0.25) is 4.68 Å². The first-order chi connectivity index (χ1) is 8.59. The van der Waals surface area contributed by atoms with Crippen molar-refractivity contribution in [2.45, 2.75) is 65.5 Å². The molecule has 18 heavy (non-hydrogen) atoms. The predicted octanol–water partition coefficient (Wildman–Crippen LogP) is 3.52. The molecule has 0 saturated heterocycles. The van der Waals surface area contributed by atoms with E-state index in [9.17, 15) is 0 Å². The molecule has 2 rings (SSSR count). The number of aromatic nitrogens is 2. The molecule has 1 aliphatic carbocycles. The van der Waals surface area contributed by atoms with Crippen LogP contribution >= 0.6 is 0 Å². The molecule has 102 valence electrons. The second kappa shape index (κ2) is 5.87. The molecule has 1 saturated carbocycles. The van der Waals surface area contributed by atoms with Crippen molar-refractivity contribution in [3.63, 3.8) is 0 Å². The van der Waals surface area contributed by atoms with Gasteiger partial charge in [0.15, 0.2) is 0 Å². The molecule has 3 nitrogen and oxygen atoms in total. The molecule has 1 fully saturated rings. The fourth-order valence-corrected chi connectivity index (χ4v) is 2.84. The van der Waals surface area contributed by atoms with Crippen molar-refractivity contribution >= 4 is 0 Å². The van der Waals surface area contributed by atoms with Crippen LogP contribution in [0.2, 0.25) is 0 Å². The first-order valence-corrected chi connectivity index (χ1v) is 7.33. The van der Waals surface area contributed by atoms with Crippen LogP contribution in [-0.2, 0) is 6.54 Å². The van der Waals surface area contributed by atoms with E-state index >= 15 is 0 Å². The molecular formula is C15H27N3. The van der Waals surface area contributed by atoms with Crippen LogP contribution in [0.15, 0.2) is 12.4 Å². The molecule has 3 heteroatoms. The zero-order valence-corrected chi connectivity index (χ0v) is 12.1. The van der Waals surface area contributed by atoms with Crippen LogP contribution in [0.25, 0.3) is 0 Å². The minimum absolute atomic E-state index is 0.453.